The van der Waals surface area contributed by atoms with Crippen molar-refractivity contribution in [1.29, 1.82) is 0 Å². The van der Waals surface area contributed by atoms with E-state index < -0.39 is 0 Å². The number of hydrogen-bond acceptors (Lipinski definition) is 4. The summed E-state index contributed by atoms with van der Waals surface area (Å²) in [4.78, 5) is 17.1. The highest BCUT2D eigenvalue weighted by Crippen LogP contribution is 2.31. The molecule has 2 heterocycles. The highest BCUT2D eigenvalue weighted by molar-refractivity contribution is 5.80. The lowest BCUT2D eigenvalue weighted by Crippen LogP contribution is -2.37. The third-order valence-corrected chi connectivity index (χ3v) is 5.19. The van der Waals surface area contributed by atoms with E-state index in [-0.39, 0.29) is 11.8 Å². The minimum atomic E-state index is -0.188. The van der Waals surface area contributed by atoms with Gasteiger partial charge in [-0.05, 0) is 42.7 Å². The number of amides is 1. The molecule has 1 atom stereocenters. The molecule has 0 saturated carbocycles. The van der Waals surface area contributed by atoms with Crippen molar-refractivity contribution in [3.05, 3.63) is 53.3 Å². The summed E-state index contributed by atoms with van der Waals surface area (Å²) < 4.78 is 13.0. The second-order valence-electron chi connectivity index (χ2n) is 6.94. The summed E-state index contributed by atoms with van der Waals surface area (Å²) >= 11 is 0. The van der Waals surface area contributed by atoms with Gasteiger partial charge < -0.3 is 19.4 Å². The third kappa shape index (κ3) is 3.35. The molecule has 4 rings (SSSR count). The normalized spacial score (nSPS) is 15.9. The molecular weight excluding hydrogens is 342 g/mol. The van der Waals surface area contributed by atoms with Crippen molar-refractivity contribution in [1.82, 2.24) is 14.9 Å². The van der Waals surface area contributed by atoms with Gasteiger partial charge in [-0.2, -0.15) is 0 Å². The third-order valence-electron chi connectivity index (χ3n) is 5.19. The molecule has 1 amide bonds. The Morgan fingerprint density at radius 2 is 2.19 bits per heavy atom. The zero-order valence-electron chi connectivity index (χ0n) is 15.8. The number of methoxy groups -OCH3 is 1. The summed E-state index contributed by atoms with van der Waals surface area (Å²) in [5.41, 5.74) is 4.12. The lowest BCUT2D eigenvalue weighted by molar-refractivity contribution is -0.126. The van der Waals surface area contributed by atoms with Crippen LogP contribution in [0, 0.1) is 12.8 Å². The maximum atomic E-state index is 12.6. The van der Waals surface area contributed by atoms with Crippen LogP contribution >= 0.6 is 0 Å². The highest BCUT2D eigenvalue weighted by Gasteiger charge is 2.26. The molecule has 3 aromatic rings. The Labute approximate surface area is 158 Å². The number of hydrogen-bond donors (Lipinski definition) is 1. The molecule has 6 heteroatoms. The van der Waals surface area contributed by atoms with E-state index in [2.05, 4.69) is 14.9 Å². The molecule has 0 aliphatic carbocycles. The molecule has 0 spiro atoms. The number of carbonyl (C=O) groups excluding carboxylic acids is 1. The van der Waals surface area contributed by atoms with E-state index in [4.69, 9.17) is 9.47 Å². The van der Waals surface area contributed by atoms with E-state index in [0.29, 0.717) is 19.6 Å². The molecule has 0 bridgehead atoms. The summed E-state index contributed by atoms with van der Waals surface area (Å²) in [7, 11) is 3.63. The lowest BCUT2D eigenvalue weighted by atomic mass is 9.96. The van der Waals surface area contributed by atoms with Crippen LogP contribution in [0.25, 0.3) is 11.0 Å². The lowest BCUT2D eigenvalue weighted by Gasteiger charge is -2.25. The monoisotopic (exact) mass is 365 g/mol. The predicted molar refractivity (Wildman–Crippen MR) is 103 cm³/mol. The maximum absolute atomic E-state index is 12.6. The largest absolute Gasteiger partial charge is 0.497 e. The Kier molecular flexibility index (Phi) is 4.48. The molecule has 1 aliphatic heterocycles. The molecule has 0 unspecified atom stereocenters. The van der Waals surface area contributed by atoms with E-state index in [1.807, 2.05) is 50.4 Å². The van der Waals surface area contributed by atoms with Crippen molar-refractivity contribution in [3.63, 3.8) is 0 Å². The van der Waals surface area contributed by atoms with Crippen molar-refractivity contribution in [2.24, 2.45) is 13.0 Å². The second-order valence-corrected chi connectivity index (χ2v) is 6.94. The number of nitrogens with one attached hydrogen (secondary N) is 1. The predicted octanol–water partition coefficient (Wildman–Crippen LogP) is 2.76. The van der Waals surface area contributed by atoms with Crippen LogP contribution in [0.1, 0.15) is 17.0 Å². The zero-order valence-corrected chi connectivity index (χ0v) is 15.8. The molecular formula is C21H23N3O3. The first kappa shape index (κ1) is 17.4. The fourth-order valence-electron chi connectivity index (χ4n) is 3.46. The molecule has 1 N–H and O–H groups in total. The van der Waals surface area contributed by atoms with Gasteiger partial charge in [0.2, 0.25) is 5.91 Å². The first-order valence-electron chi connectivity index (χ1n) is 9.04. The number of nitrogens with zero attached hydrogens (tertiary/aromatic N) is 2. The van der Waals surface area contributed by atoms with Gasteiger partial charge in [-0.25, -0.2) is 4.98 Å². The number of imidazole rings is 1. The fourth-order valence-corrected chi connectivity index (χ4v) is 3.46. The number of aromatic nitrogens is 2. The smallest absolute Gasteiger partial charge is 0.227 e. The first-order chi connectivity index (χ1) is 13.0. The van der Waals surface area contributed by atoms with Crippen LogP contribution in [0.2, 0.25) is 0 Å². The van der Waals surface area contributed by atoms with Gasteiger partial charge in [-0.15, -0.1) is 0 Å². The Morgan fingerprint density at radius 3 is 3.00 bits per heavy atom. The van der Waals surface area contributed by atoms with Crippen LogP contribution in [-0.2, 0) is 24.8 Å². The van der Waals surface area contributed by atoms with Gasteiger partial charge in [0.05, 0.1) is 24.1 Å². The van der Waals surface area contributed by atoms with Crippen LogP contribution < -0.4 is 14.8 Å². The number of aryl methyl sites for hydroxylation is 2. The van der Waals surface area contributed by atoms with Gasteiger partial charge in [0.1, 0.15) is 23.9 Å². The van der Waals surface area contributed by atoms with E-state index >= 15 is 0 Å². The Morgan fingerprint density at radius 1 is 1.33 bits per heavy atom. The summed E-state index contributed by atoms with van der Waals surface area (Å²) in [6.45, 7) is 2.85. The van der Waals surface area contributed by atoms with Gasteiger partial charge in [-0.1, -0.05) is 12.1 Å². The van der Waals surface area contributed by atoms with Crippen molar-refractivity contribution < 1.29 is 14.3 Å². The van der Waals surface area contributed by atoms with Gasteiger partial charge >= 0.3 is 0 Å². The minimum absolute atomic E-state index is 0.00812. The summed E-state index contributed by atoms with van der Waals surface area (Å²) in [5, 5.41) is 3.03. The molecule has 6 nitrogen and oxygen atoms in total. The standard InChI is InChI=1S/C21H23N3O3/c1-13-23-18-8-14(4-7-19(18)24(13)2)11-22-21(25)16-9-15-5-6-17(26-3)10-20(15)27-12-16/h4-8,10,16H,9,11-12H2,1-3H3,(H,22,25)/t16-/m1/s1. The van der Waals surface area contributed by atoms with Crippen LogP contribution in [0.15, 0.2) is 36.4 Å². The van der Waals surface area contributed by atoms with Gasteiger partial charge in [0.25, 0.3) is 0 Å². The Hall–Kier alpha value is -3.02. The first-order valence-corrected chi connectivity index (χ1v) is 9.04. The molecule has 0 fully saturated rings. The average molecular weight is 365 g/mol. The number of fused-ring (bicyclic) bond motifs is 2. The van der Waals surface area contributed by atoms with Crippen molar-refractivity contribution in [3.8, 4) is 11.5 Å². The number of carbonyl (C=O) groups is 1. The highest BCUT2D eigenvalue weighted by atomic mass is 16.5. The molecule has 27 heavy (non-hydrogen) atoms. The molecule has 0 saturated heterocycles. The SMILES string of the molecule is COc1ccc2c(c1)OC[C@H](C(=O)NCc1ccc3c(c1)nc(C)n3C)C2. The van der Waals surface area contributed by atoms with Crippen molar-refractivity contribution >= 4 is 16.9 Å². The van der Waals surface area contributed by atoms with E-state index in [1.165, 1.54) is 0 Å². The van der Waals surface area contributed by atoms with Crippen LogP contribution in [0.3, 0.4) is 0 Å². The Balaban J connectivity index is 1.41. The fraction of sp³-hybridized carbons (Fsp3) is 0.333. The topological polar surface area (TPSA) is 65.4 Å². The van der Waals surface area contributed by atoms with E-state index in [9.17, 15) is 4.79 Å². The van der Waals surface area contributed by atoms with Gasteiger partial charge in [0.15, 0.2) is 0 Å². The van der Waals surface area contributed by atoms with Crippen molar-refractivity contribution in [2.45, 2.75) is 19.9 Å². The molecule has 0 radical (unpaired) electrons. The average Bonchev–Trinajstić information content (AvgIpc) is 2.98. The maximum Gasteiger partial charge on any atom is 0.227 e. The quantitative estimate of drug-likeness (QED) is 0.772. The van der Waals surface area contributed by atoms with Crippen LogP contribution in [0.4, 0.5) is 0 Å². The molecule has 1 aromatic heterocycles. The van der Waals surface area contributed by atoms with Crippen molar-refractivity contribution in [2.75, 3.05) is 13.7 Å². The molecule has 2 aromatic carbocycles. The second kappa shape index (κ2) is 6.95. The number of ether oxygens (including phenoxy) is 2. The zero-order chi connectivity index (χ0) is 19.0. The Bertz CT molecular complexity index is 1010. The number of rotatable bonds is 4. The molecule has 1 aliphatic rings. The van der Waals surface area contributed by atoms with Crippen LogP contribution in [0.5, 0.6) is 11.5 Å². The summed E-state index contributed by atoms with van der Waals surface area (Å²) in [6.07, 6.45) is 0.670. The van der Waals surface area contributed by atoms with E-state index in [1.54, 1.807) is 7.11 Å². The number of benzene rings is 2. The van der Waals surface area contributed by atoms with Crippen LogP contribution in [-0.4, -0.2) is 29.2 Å². The summed E-state index contributed by atoms with van der Waals surface area (Å²) in [5.74, 6) is 2.35. The van der Waals surface area contributed by atoms with Gasteiger partial charge in [0, 0.05) is 19.7 Å². The van der Waals surface area contributed by atoms with Gasteiger partial charge in [-0.3, -0.25) is 4.79 Å². The van der Waals surface area contributed by atoms with E-state index in [0.717, 1.165) is 39.5 Å². The minimum Gasteiger partial charge on any atom is -0.497 e. The summed E-state index contributed by atoms with van der Waals surface area (Å²) in [6, 6.07) is 11.8. The molecule has 140 valence electrons.